The molecular formula is C21H19ClN2O2. The average molecular weight is 367 g/mol. The first kappa shape index (κ1) is 18.0. The Hall–Kier alpha value is -2.85. The van der Waals surface area contributed by atoms with Gasteiger partial charge in [-0.1, -0.05) is 54.1 Å². The van der Waals surface area contributed by atoms with E-state index in [9.17, 15) is 4.79 Å². The van der Waals surface area contributed by atoms with Gasteiger partial charge in [0, 0.05) is 10.6 Å². The third-order valence-corrected chi connectivity index (χ3v) is 4.14. The molecule has 3 aromatic carbocycles. The fourth-order valence-electron chi connectivity index (χ4n) is 2.69. The van der Waals surface area contributed by atoms with E-state index >= 15 is 0 Å². The summed E-state index contributed by atoms with van der Waals surface area (Å²) in [6.07, 6.45) is 1.87. The second-order valence-electron chi connectivity index (χ2n) is 5.73. The Bertz CT molecular complexity index is 936. The van der Waals surface area contributed by atoms with Crippen molar-refractivity contribution in [2.75, 3.05) is 6.61 Å². The van der Waals surface area contributed by atoms with Crippen molar-refractivity contribution >= 4 is 34.5 Å². The van der Waals surface area contributed by atoms with Crippen LogP contribution in [0.4, 0.5) is 0 Å². The maximum Gasteiger partial charge on any atom is 0.244 e. The van der Waals surface area contributed by atoms with E-state index in [1.54, 1.807) is 18.3 Å². The van der Waals surface area contributed by atoms with Gasteiger partial charge in [-0.3, -0.25) is 4.79 Å². The van der Waals surface area contributed by atoms with E-state index in [-0.39, 0.29) is 12.3 Å². The zero-order valence-electron chi connectivity index (χ0n) is 14.4. The number of halogens is 1. The van der Waals surface area contributed by atoms with Crippen molar-refractivity contribution in [3.63, 3.8) is 0 Å². The highest BCUT2D eigenvalue weighted by molar-refractivity contribution is 6.30. The summed E-state index contributed by atoms with van der Waals surface area (Å²) in [4.78, 5) is 12.1. The minimum absolute atomic E-state index is 0.193. The molecule has 0 bridgehead atoms. The van der Waals surface area contributed by atoms with Gasteiger partial charge in [-0.2, -0.15) is 5.10 Å². The van der Waals surface area contributed by atoms with Crippen LogP contribution >= 0.6 is 11.6 Å². The molecule has 0 radical (unpaired) electrons. The molecule has 4 nitrogen and oxygen atoms in total. The third-order valence-electron chi connectivity index (χ3n) is 3.89. The lowest BCUT2D eigenvalue weighted by Gasteiger charge is -2.10. The topological polar surface area (TPSA) is 50.7 Å². The van der Waals surface area contributed by atoms with Crippen LogP contribution in [0.3, 0.4) is 0 Å². The molecule has 0 aliphatic heterocycles. The van der Waals surface area contributed by atoms with Crippen molar-refractivity contribution in [2.45, 2.75) is 13.3 Å². The zero-order valence-corrected chi connectivity index (χ0v) is 15.2. The van der Waals surface area contributed by atoms with Crippen LogP contribution in [0.2, 0.25) is 5.02 Å². The number of nitrogens with one attached hydrogen (secondary N) is 1. The van der Waals surface area contributed by atoms with E-state index < -0.39 is 0 Å². The van der Waals surface area contributed by atoms with E-state index in [2.05, 4.69) is 10.5 Å². The van der Waals surface area contributed by atoms with Gasteiger partial charge in [0.05, 0.1) is 19.2 Å². The monoisotopic (exact) mass is 366 g/mol. The van der Waals surface area contributed by atoms with Crippen LogP contribution in [-0.4, -0.2) is 18.7 Å². The van der Waals surface area contributed by atoms with Crippen LogP contribution in [0, 0.1) is 0 Å². The van der Waals surface area contributed by atoms with Crippen LogP contribution in [0.5, 0.6) is 5.75 Å². The number of carbonyl (C=O) groups is 1. The molecule has 132 valence electrons. The largest absolute Gasteiger partial charge is 0.493 e. The Morgan fingerprint density at radius 3 is 2.65 bits per heavy atom. The molecule has 1 amide bonds. The van der Waals surface area contributed by atoms with Crippen LogP contribution < -0.4 is 10.2 Å². The molecule has 0 atom stereocenters. The highest BCUT2D eigenvalue weighted by Gasteiger charge is 2.07. The summed E-state index contributed by atoms with van der Waals surface area (Å²) in [7, 11) is 0. The summed E-state index contributed by atoms with van der Waals surface area (Å²) in [5.41, 5.74) is 4.29. The number of hydrogen-bond donors (Lipinski definition) is 1. The van der Waals surface area contributed by atoms with Crippen LogP contribution in [-0.2, 0) is 11.2 Å². The molecule has 0 unspecified atom stereocenters. The molecule has 3 aromatic rings. The van der Waals surface area contributed by atoms with Gasteiger partial charge in [-0.25, -0.2) is 5.43 Å². The standard InChI is InChI=1S/C21H19ClN2O2/c1-2-26-20-12-9-16-5-3-4-6-18(16)19(20)14-23-24-21(25)13-15-7-10-17(22)11-8-15/h3-12,14H,2,13H2,1H3,(H,24,25)/b23-14-. The van der Waals surface area contributed by atoms with E-state index in [4.69, 9.17) is 16.3 Å². The molecule has 0 saturated carbocycles. The number of amides is 1. The second-order valence-corrected chi connectivity index (χ2v) is 6.16. The SMILES string of the molecule is CCOc1ccc2ccccc2c1/C=N\NC(=O)Cc1ccc(Cl)cc1. The average Bonchev–Trinajstić information content (AvgIpc) is 2.65. The van der Waals surface area contributed by atoms with Gasteiger partial charge in [0.1, 0.15) is 5.75 Å². The molecule has 5 heteroatoms. The summed E-state index contributed by atoms with van der Waals surface area (Å²) < 4.78 is 5.69. The maximum absolute atomic E-state index is 12.1. The summed E-state index contributed by atoms with van der Waals surface area (Å²) in [5, 5.41) is 6.87. The number of nitrogens with zero attached hydrogens (tertiary/aromatic N) is 1. The Labute approximate surface area is 157 Å². The molecule has 0 fully saturated rings. The first-order chi connectivity index (χ1) is 12.7. The first-order valence-electron chi connectivity index (χ1n) is 8.38. The fraction of sp³-hybridized carbons (Fsp3) is 0.143. The highest BCUT2D eigenvalue weighted by atomic mass is 35.5. The lowest BCUT2D eigenvalue weighted by molar-refractivity contribution is -0.120. The lowest BCUT2D eigenvalue weighted by atomic mass is 10.0. The normalized spacial score (nSPS) is 11.0. The molecule has 0 spiro atoms. The predicted octanol–water partition coefficient (Wildman–Crippen LogP) is 4.58. The molecular weight excluding hydrogens is 348 g/mol. The Kier molecular flexibility index (Phi) is 5.87. The van der Waals surface area contributed by atoms with Gasteiger partial charge in [0.25, 0.3) is 0 Å². The smallest absolute Gasteiger partial charge is 0.244 e. The minimum Gasteiger partial charge on any atom is -0.493 e. The Morgan fingerprint density at radius 1 is 1.12 bits per heavy atom. The Balaban J connectivity index is 1.76. The molecule has 0 saturated heterocycles. The van der Waals surface area contributed by atoms with Crippen molar-refractivity contribution in [1.29, 1.82) is 0 Å². The maximum atomic E-state index is 12.1. The molecule has 0 aromatic heterocycles. The van der Waals surface area contributed by atoms with Crippen molar-refractivity contribution in [1.82, 2.24) is 5.43 Å². The van der Waals surface area contributed by atoms with Gasteiger partial charge in [0.15, 0.2) is 0 Å². The van der Waals surface area contributed by atoms with Gasteiger partial charge in [0.2, 0.25) is 5.91 Å². The number of hydrazone groups is 1. The minimum atomic E-state index is -0.193. The van der Waals surface area contributed by atoms with Crippen LogP contribution in [0.15, 0.2) is 65.8 Å². The zero-order chi connectivity index (χ0) is 18.4. The Morgan fingerprint density at radius 2 is 1.88 bits per heavy atom. The number of rotatable bonds is 6. The fourth-order valence-corrected chi connectivity index (χ4v) is 2.81. The summed E-state index contributed by atoms with van der Waals surface area (Å²) in [6.45, 7) is 2.49. The molecule has 0 heterocycles. The molecule has 3 rings (SSSR count). The molecule has 0 aliphatic carbocycles. The van der Waals surface area contributed by atoms with Crippen molar-refractivity contribution < 1.29 is 9.53 Å². The van der Waals surface area contributed by atoms with Crippen molar-refractivity contribution in [3.05, 3.63) is 76.8 Å². The quantitative estimate of drug-likeness (QED) is 0.512. The van der Waals surface area contributed by atoms with Crippen molar-refractivity contribution in [2.24, 2.45) is 5.10 Å². The summed E-state index contributed by atoms with van der Waals surface area (Å²) in [6, 6.07) is 19.1. The van der Waals surface area contributed by atoms with Gasteiger partial charge in [-0.05, 0) is 41.5 Å². The summed E-state index contributed by atoms with van der Waals surface area (Å²) >= 11 is 5.85. The number of carbonyl (C=O) groups excluding carboxylic acids is 1. The molecule has 26 heavy (non-hydrogen) atoms. The van der Waals surface area contributed by atoms with Crippen LogP contribution in [0.25, 0.3) is 10.8 Å². The van der Waals surface area contributed by atoms with Gasteiger partial charge < -0.3 is 4.74 Å². The van der Waals surface area contributed by atoms with E-state index in [0.717, 1.165) is 27.6 Å². The molecule has 1 N–H and O–H groups in total. The second kappa shape index (κ2) is 8.50. The van der Waals surface area contributed by atoms with E-state index in [1.165, 1.54) is 0 Å². The lowest BCUT2D eigenvalue weighted by Crippen LogP contribution is -2.19. The number of hydrogen-bond acceptors (Lipinski definition) is 3. The van der Waals surface area contributed by atoms with Crippen LogP contribution in [0.1, 0.15) is 18.1 Å². The number of benzene rings is 3. The predicted molar refractivity (Wildman–Crippen MR) is 106 cm³/mol. The number of fused-ring (bicyclic) bond motifs is 1. The van der Waals surface area contributed by atoms with Crippen molar-refractivity contribution in [3.8, 4) is 5.75 Å². The van der Waals surface area contributed by atoms with E-state index in [1.807, 2.05) is 55.5 Å². The molecule has 0 aliphatic rings. The first-order valence-corrected chi connectivity index (χ1v) is 8.76. The van der Waals surface area contributed by atoms with E-state index in [0.29, 0.717) is 11.6 Å². The summed E-state index contributed by atoms with van der Waals surface area (Å²) in [5.74, 6) is 0.545. The highest BCUT2D eigenvalue weighted by Crippen LogP contribution is 2.26. The third kappa shape index (κ3) is 4.41. The number of ether oxygens (including phenoxy) is 1. The van der Waals surface area contributed by atoms with Gasteiger partial charge >= 0.3 is 0 Å². The van der Waals surface area contributed by atoms with Gasteiger partial charge in [-0.15, -0.1) is 0 Å².